The fourth-order valence-corrected chi connectivity index (χ4v) is 3.02. The maximum absolute atomic E-state index is 12.1. The van der Waals surface area contributed by atoms with Gasteiger partial charge in [0.15, 0.2) is 6.10 Å². The largest absolute Gasteiger partial charge is 0.480 e. The van der Waals surface area contributed by atoms with Crippen molar-refractivity contribution >= 4 is 34.2 Å². The van der Waals surface area contributed by atoms with Gasteiger partial charge in [-0.3, -0.25) is 4.79 Å². The fraction of sp³-hybridized carbons (Fsp3) is 0.562. The van der Waals surface area contributed by atoms with Gasteiger partial charge in [-0.25, -0.2) is 0 Å². The van der Waals surface area contributed by atoms with E-state index in [0.29, 0.717) is 18.2 Å². The van der Waals surface area contributed by atoms with Crippen molar-refractivity contribution in [1.29, 1.82) is 0 Å². The lowest BCUT2D eigenvalue weighted by atomic mass is 10.00. The Morgan fingerprint density at radius 1 is 1.55 bits per heavy atom. The van der Waals surface area contributed by atoms with Gasteiger partial charge in [0.25, 0.3) is 5.91 Å². The first-order valence-electron chi connectivity index (χ1n) is 7.47. The zero-order chi connectivity index (χ0) is 15.2. The Bertz CT molecular complexity index is 493. The quantitative estimate of drug-likeness (QED) is 0.811. The van der Waals surface area contributed by atoms with Crippen LogP contribution in [-0.2, 0) is 4.79 Å². The molecular weight excluding hydrogens is 368 g/mol. The van der Waals surface area contributed by atoms with Crippen LogP contribution in [0, 0.1) is 12.8 Å². The van der Waals surface area contributed by atoms with Crippen LogP contribution in [0.5, 0.6) is 5.75 Å². The number of nitrogens with one attached hydrogen (secondary N) is 2. The van der Waals surface area contributed by atoms with E-state index in [4.69, 9.17) is 4.74 Å². The highest BCUT2D eigenvalue weighted by molar-refractivity contribution is 9.10. The third kappa shape index (κ3) is 5.78. The van der Waals surface area contributed by atoms with Crippen LogP contribution in [0.1, 0.15) is 25.3 Å². The van der Waals surface area contributed by atoms with Gasteiger partial charge in [0.1, 0.15) is 5.75 Å². The van der Waals surface area contributed by atoms with E-state index in [-0.39, 0.29) is 18.3 Å². The Morgan fingerprint density at radius 2 is 2.32 bits per heavy atom. The van der Waals surface area contributed by atoms with Crippen LogP contribution in [0.3, 0.4) is 0 Å². The number of halogens is 2. The maximum Gasteiger partial charge on any atom is 0.260 e. The molecule has 2 atom stereocenters. The first-order valence-corrected chi connectivity index (χ1v) is 8.27. The summed E-state index contributed by atoms with van der Waals surface area (Å²) in [5.74, 6) is 1.16. The molecule has 4 nitrogen and oxygen atoms in total. The lowest BCUT2D eigenvalue weighted by molar-refractivity contribution is -0.127. The summed E-state index contributed by atoms with van der Waals surface area (Å²) >= 11 is 3.46. The van der Waals surface area contributed by atoms with Crippen LogP contribution in [0.2, 0.25) is 0 Å². The van der Waals surface area contributed by atoms with Crippen molar-refractivity contribution in [2.75, 3.05) is 19.6 Å². The van der Waals surface area contributed by atoms with Gasteiger partial charge in [0, 0.05) is 6.54 Å². The molecule has 1 aromatic carbocycles. The summed E-state index contributed by atoms with van der Waals surface area (Å²) in [6.07, 6.45) is 1.86. The Labute approximate surface area is 146 Å². The number of carbonyl (C=O) groups is 1. The van der Waals surface area contributed by atoms with E-state index >= 15 is 0 Å². The topological polar surface area (TPSA) is 50.4 Å². The van der Waals surface area contributed by atoms with Crippen molar-refractivity contribution in [1.82, 2.24) is 10.6 Å². The second-order valence-electron chi connectivity index (χ2n) is 5.65. The molecule has 0 bridgehead atoms. The van der Waals surface area contributed by atoms with E-state index in [1.165, 1.54) is 12.8 Å². The molecule has 0 aliphatic carbocycles. The van der Waals surface area contributed by atoms with Gasteiger partial charge >= 0.3 is 0 Å². The summed E-state index contributed by atoms with van der Waals surface area (Å²) in [4.78, 5) is 12.1. The average molecular weight is 392 g/mol. The minimum atomic E-state index is -0.499. The van der Waals surface area contributed by atoms with Gasteiger partial charge in [0.2, 0.25) is 0 Å². The Kier molecular flexibility index (Phi) is 8.21. The zero-order valence-corrected chi connectivity index (χ0v) is 15.4. The van der Waals surface area contributed by atoms with Gasteiger partial charge in [-0.2, -0.15) is 0 Å². The van der Waals surface area contributed by atoms with E-state index in [9.17, 15) is 4.79 Å². The molecule has 1 aliphatic heterocycles. The van der Waals surface area contributed by atoms with E-state index in [1.807, 2.05) is 25.1 Å². The van der Waals surface area contributed by atoms with Crippen molar-refractivity contribution in [3.63, 3.8) is 0 Å². The summed E-state index contributed by atoms with van der Waals surface area (Å²) in [6.45, 7) is 6.59. The van der Waals surface area contributed by atoms with E-state index in [2.05, 4.69) is 26.6 Å². The second-order valence-corrected chi connectivity index (χ2v) is 6.51. The molecule has 1 amide bonds. The summed E-state index contributed by atoms with van der Waals surface area (Å²) < 4.78 is 6.60. The van der Waals surface area contributed by atoms with Crippen LogP contribution < -0.4 is 15.4 Å². The summed E-state index contributed by atoms with van der Waals surface area (Å²) in [6, 6.07) is 5.83. The third-order valence-electron chi connectivity index (χ3n) is 3.72. The Balaban J connectivity index is 0.00000242. The van der Waals surface area contributed by atoms with Crippen molar-refractivity contribution in [3.05, 3.63) is 28.2 Å². The summed E-state index contributed by atoms with van der Waals surface area (Å²) in [7, 11) is 0. The molecule has 1 aromatic rings. The van der Waals surface area contributed by atoms with Gasteiger partial charge in [-0.05, 0) is 79.3 Å². The summed E-state index contributed by atoms with van der Waals surface area (Å²) in [5.41, 5.74) is 1.15. The number of hydrogen-bond acceptors (Lipinski definition) is 3. The predicted octanol–water partition coefficient (Wildman–Crippen LogP) is 3.06. The van der Waals surface area contributed by atoms with Gasteiger partial charge in [-0.15, -0.1) is 12.4 Å². The smallest absolute Gasteiger partial charge is 0.260 e. The highest BCUT2D eigenvalue weighted by atomic mass is 79.9. The highest BCUT2D eigenvalue weighted by Crippen LogP contribution is 2.26. The molecule has 2 unspecified atom stereocenters. The number of carbonyl (C=O) groups excluding carboxylic acids is 1. The Morgan fingerprint density at radius 3 is 2.95 bits per heavy atom. The molecule has 1 fully saturated rings. The molecule has 124 valence electrons. The van der Waals surface area contributed by atoms with Gasteiger partial charge < -0.3 is 15.4 Å². The van der Waals surface area contributed by atoms with Crippen molar-refractivity contribution in [2.45, 2.75) is 32.8 Å². The molecule has 0 saturated carbocycles. The molecule has 2 rings (SSSR count). The molecular formula is C16H24BrClN2O2. The molecule has 1 saturated heterocycles. The fourth-order valence-electron chi connectivity index (χ4n) is 2.43. The molecule has 0 radical (unpaired) electrons. The molecule has 22 heavy (non-hydrogen) atoms. The van der Waals surface area contributed by atoms with Crippen LogP contribution in [0.25, 0.3) is 0 Å². The van der Waals surface area contributed by atoms with Crippen molar-refractivity contribution in [3.8, 4) is 5.75 Å². The van der Waals surface area contributed by atoms with Crippen molar-refractivity contribution in [2.24, 2.45) is 5.92 Å². The minimum absolute atomic E-state index is 0. The number of piperidine rings is 1. The molecule has 6 heteroatoms. The maximum atomic E-state index is 12.1. The predicted molar refractivity (Wildman–Crippen MR) is 94.8 cm³/mol. The van der Waals surface area contributed by atoms with E-state index in [0.717, 1.165) is 23.1 Å². The highest BCUT2D eigenvalue weighted by Gasteiger charge is 2.18. The number of amides is 1. The van der Waals surface area contributed by atoms with Crippen LogP contribution in [-0.4, -0.2) is 31.6 Å². The van der Waals surface area contributed by atoms with Crippen LogP contribution in [0.15, 0.2) is 22.7 Å². The standard InChI is InChI=1S/C16H23BrN2O2.ClH/c1-11-5-6-15(14(17)8-11)21-12(2)16(20)19-10-13-4-3-7-18-9-13;/h5-6,8,12-13,18H,3-4,7,9-10H2,1-2H3,(H,19,20);1H. The van der Waals surface area contributed by atoms with E-state index in [1.54, 1.807) is 6.92 Å². The number of aryl methyl sites for hydroxylation is 1. The lowest BCUT2D eigenvalue weighted by Crippen LogP contribution is -2.42. The second kappa shape index (κ2) is 9.38. The normalized spacial score (nSPS) is 19.0. The summed E-state index contributed by atoms with van der Waals surface area (Å²) in [5, 5.41) is 6.34. The molecule has 0 spiro atoms. The monoisotopic (exact) mass is 390 g/mol. The molecule has 1 heterocycles. The van der Waals surface area contributed by atoms with Crippen LogP contribution >= 0.6 is 28.3 Å². The van der Waals surface area contributed by atoms with Gasteiger partial charge in [0.05, 0.1) is 4.47 Å². The zero-order valence-electron chi connectivity index (χ0n) is 13.0. The van der Waals surface area contributed by atoms with E-state index < -0.39 is 6.10 Å². The number of ether oxygens (including phenoxy) is 1. The molecule has 1 aliphatic rings. The first-order chi connectivity index (χ1) is 10.1. The SMILES string of the molecule is Cc1ccc(OC(C)C(=O)NCC2CCCNC2)c(Br)c1.Cl. The number of rotatable bonds is 5. The first kappa shape index (κ1) is 19.3. The average Bonchev–Trinajstić information content (AvgIpc) is 2.48. The lowest BCUT2D eigenvalue weighted by Gasteiger charge is -2.24. The Hall–Kier alpha value is -0.780. The molecule has 2 N–H and O–H groups in total. The third-order valence-corrected chi connectivity index (χ3v) is 4.34. The number of hydrogen-bond donors (Lipinski definition) is 2. The molecule has 0 aromatic heterocycles. The van der Waals surface area contributed by atoms with Crippen molar-refractivity contribution < 1.29 is 9.53 Å². The van der Waals surface area contributed by atoms with Crippen LogP contribution in [0.4, 0.5) is 0 Å². The minimum Gasteiger partial charge on any atom is -0.480 e. The number of benzene rings is 1. The van der Waals surface area contributed by atoms with Gasteiger partial charge in [-0.1, -0.05) is 6.07 Å².